The second-order valence-electron chi connectivity index (χ2n) is 7.61. The van der Waals surface area contributed by atoms with E-state index in [1.165, 1.54) is 0 Å². The molecule has 1 aliphatic rings. The molecule has 0 radical (unpaired) electrons. The fourth-order valence-electron chi connectivity index (χ4n) is 3.16. The number of rotatable bonds is 8. The molecule has 2 aromatic carbocycles. The summed E-state index contributed by atoms with van der Waals surface area (Å²) in [5.41, 5.74) is 6.54. The summed E-state index contributed by atoms with van der Waals surface area (Å²) in [7, 11) is 0. The number of carbonyl (C=O) groups is 2. The van der Waals surface area contributed by atoms with Gasteiger partial charge in [0.05, 0.1) is 12.2 Å². The van der Waals surface area contributed by atoms with Crippen molar-refractivity contribution in [2.75, 3.05) is 13.4 Å². The Balaban J connectivity index is 1.51. The lowest BCUT2D eigenvalue weighted by molar-refractivity contribution is -0.124. The van der Waals surface area contributed by atoms with Crippen LogP contribution in [-0.2, 0) is 11.3 Å². The van der Waals surface area contributed by atoms with E-state index in [2.05, 4.69) is 21.5 Å². The first-order chi connectivity index (χ1) is 15.9. The summed E-state index contributed by atoms with van der Waals surface area (Å²) < 4.78 is 16.2. The third kappa shape index (κ3) is 6.48. The molecule has 1 unspecified atom stereocenters. The van der Waals surface area contributed by atoms with Crippen LogP contribution in [0.5, 0.6) is 17.2 Å². The predicted octanol–water partition coefficient (Wildman–Crippen LogP) is 2.26. The second kappa shape index (κ2) is 11.4. The van der Waals surface area contributed by atoms with E-state index in [0.717, 1.165) is 5.56 Å². The Morgan fingerprint density at radius 1 is 1.09 bits per heavy atom. The zero-order chi connectivity index (χ0) is 23.8. The predicted molar refractivity (Wildman–Crippen MR) is 127 cm³/mol. The number of ether oxygens (including phenoxy) is 3. The fourth-order valence-corrected chi connectivity index (χ4v) is 3.29. The summed E-state index contributed by atoms with van der Waals surface area (Å²) in [5.74, 6) is 0.883. The largest absolute Gasteiger partial charge is 0.493 e. The molecule has 1 heterocycles. The minimum Gasteiger partial charge on any atom is -0.493 e. The number of amides is 2. The van der Waals surface area contributed by atoms with Crippen LogP contribution in [-0.4, -0.2) is 36.4 Å². The van der Waals surface area contributed by atoms with Crippen LogP contribution in [0.15, 0.2) is 42.5 Å². The molecule has 0 spiro atoms. The Hall–Kier alpha value is -3.53. The summed E-state index contributed by atoms with van der Waals surface area (Å²) in [5, 5.41) is 6.02. The maximum Gasteiger partial charge on any atom is 0.261 e. The average molecular weight is 473 g/mol. The topological polar surface area (TPSA) is 110 Å². The molecule has 33 heavy (non-hydrogen) atoms. The Morgan fingerprint density at radius 3 is 2.61 bits per heavy atom. The van der Waals surface area contributed by atoms with E-state index in [0.29, 0.717) is 36.0 Å². The normalized spacial score (nSPS) is 12.6. The summed E-state index contributed by atoms with van der Waals surface area (Å²) in [6, 6.07) is 11.7. The van der Waals surface area contributed by atoms with Crippen molar-refractivity contribution in [3.05, 3.63) is 53.6 Å². The Labute approximate surface area is 198 Å². The molecular formula is C23H28N4O5S. The zero-order valence-electron chi connectivity index (χ0n) is 18.8. The van der Waals surface area contributed by atoms with Crippen LogP contribution in [0.25, 0.3) is 0 Å². The SMILES string of the molecule is CCOc1ccccc1C(=O)NC(C(=O)NNC(=S)NCc1ccc2c(c1)OCO2)C(C)C. The van der Waals surface area contributed by atoms with Crippen LogP contribution in [0, 0.1) is 5.92 Å². The quantitative estimate of drug-likeness (QED) is 0.342. The third-order valence-corrected chi connectivity index (χ3v) is 5.10. The number of nitrogens with one attached hydrogen (secondary N) is 4. The molecule has 10 heteroatoms. The first kappa shape index (κ1) is 24.1. The monoisotopic (exact) mass is 472 g/mol. The molecule has 2 aromatic rings. The van der Waals surface area contributed by atoms with Crippen molar-refractivity contribution in [3.8, 4) is 17.2 Å². The maximum absolute atomic E-state index is 12.8. The highest BCUT2D eigenvalue weighted by molar-refractivity contribution is 7.80. The van der Waals surface area contributed by atoms with Crippen molar-refractivity contribution < 1.29 is 23.8 Å². The number of hydrogen-bond acceptors (Lipinski definition) is 6. The molecule has 3 rings (SSSR count). The average Bonchev–Trinajstić information content (AvgIpc) is 3.27. The van der Waals surface area contributed by atoms with Gasteiger partial charge in [0.15, 0.2) is 16.6 Å². The highest BCUT2D eigenvalue weighted by atomic mass is 32.1. The van der Waals surface area contributed by atoms with Crippen molar-refractivity contribution in [1.29, 1.82) is 0 Å². The van der Waals surface area contributed by atoms with Crippen LogP contribution < -0.4 is 35.7 Å². The van der Waals surface area contributed by atoms with Crippen LogP contribution in [0.3, 0.4) is 0 Å². The van der Waals surface area contributed by atoms with Crippen molar-refractivity contribution in [2.45, 2.75) is 33.4 Å². The van der Waals surface area contributed by atoms with Crippen LogP contribution >= 0.6 is 12.2 Å². The van der Waals surface area contributed by atoms with Crippen molar-refractivity contribution >= 4 is 29.1 Å². The molecule has 0 bridgehead atoms. The molecule has 0 aromatic heterocycles. The molecule has 1 atom stereocenters. The maximum atomic E-state index is 12.8. The molecule has 9 nitrogen and oxygen atoms in total. The van der Waals surface area contributed by atoms with Gasteiger partial charge in [-0.25, -0.2) is 0 Å². The van der Waals surface area contributed by atoms with Gasteiger partial charge in [-0.1, -0.05) is 32.0 Å². The van der Waals surface area contributed by atoms with Crippen molar-refractivity contribution in [1.82, 2.24) is 21.5 Å². The van der Waals surface area contributed by atoms with Gasteiger partial charge >= 0.3 is 0 Å². The lowest BCUT2D eigenvalue weighted by Gasteiger charge is -2.23. The second-order valence-corrected chi connectivity index (χ2v) is 8.02. The van der Waals surface area contributed by atoms with Gasteiger partial charge in [-0.15, -0.1) is 0 Å². The Morgan fingerprint density at radius 2 is 1.85 bits per heavy atom. The number of para-hydroxylation sites is 1. The van der Waals surface area contributed by atoms with Crippen LogP contribution in [0.1, 0.15) is 36.7 Å². The Kier molecular flexibility index (Phi) is 8.31. The van der Waals surface area contributed by atoms with E-state index in [-0.39, 0.29) is 17.8 Å². The highest BCUT2D eigenvalue weighted by Crippen LogP contribution is 2.32. The molecule has 0 fully saturated rings. The van der Waals surface area contributed by atoms with Gasteiger partial charge in [-0.3, -0.25) is 20.4 Å². The van der Waals surface area contributed by atoms with Gasteiger partial charge in [0.1, 0.15) is 11.8 Å². The standard InChI is InChI=1S/C23H28N4O5S/c1-4-30-17-8-6-5-7-16(17)21(28)25-20(14(2)3)22(29)26-27-23(33)24-12-15-9-10-18-19(11-15)32-13-31-18/h5-11,14,20H,4,12-13H2,1-3H3,(H,25,28)(H,26,29)(H2,24,27,33). The smallest absolute Gasteiger partial charge is 0.261 e. The van der Waals surface area contributed by atoms with Crippen LogP contribution in [0.4, 0.5) is 0 Å². The molecule has 0 saturated heterocycles. The summed E-state index contributed by atoms with van der Waals surface area (Å²) in [4.78, 5) is 25.5. The third-order valence-electron chi connectivity index (χ3n) is 4.86. The van der Waals surface area contributed by atoms with E-state index in [4.69, 9.17) is 26.4 Å². The highest BCUT2D eigenvalue weighted by Gasteiger charge is 2.26. The molecule has 4 N–H and O–H groups in total. The summed E-state index contributed by atoms with van der Waals surface area (Å²) in [6.45, 7) is 6.59. The summed E-state index contributed by atoms with van der Waals surface area (Å²) >= 11 is 5.24. The van der Waals surface area contributed by atoms with Crippen molar-refractivity contribution in [3.63, 3.8) is 0 Å². The molecule has 176 valence electrons. The van der Waals surface area contributed by atoms with Gasteiger partial charge < -0.3 is 24.8 Å². The van der Waals surface area contributed by atoms with Gasteiger partial charge in [0.2, 0.25) is 6.79 Å². The molecular weight excluding hydrogens is 444 g/mol. The summed E-state index contributed by atoms with van der Waals surface area (Å²) in [6.07, 6.45) is 0. The van der Waals surface area contributed by atoms with Crippen molar-refractivity contribution in [2.24, 2.45) is 5.92 Å². The number of hydrazine groups is 1. The van der Waals surface area contributed by atoms with Gasteiger partial charge in [0.25, 0.3) is 11.8 Å². The first-order valence-corrected chi connectivity index (χ1v) is 11.0. The number of hydrogen-bond donors (Lipinski definition) is 4. The minimum atomic E-state index is -0.781. The number of fused-ring (bicyclic) bond motifs is 1. The zero-order valence-corrected chi connectivity index (χ0v) is 19.6. The minimum absolute atomic E-state index is 0.162. The molecule has 2 amide bonds. The van der Waals surface area contributed by atoms with E-state index < -0.39 is 17.9 Å². The number of benzene rings is 2. The molecule has 1 aliphatic heterocycles. The van der Waals surface area contributed by atoms with E-state index >= 15 is 0 Å². The van der Waals surface area contributed by atoms with E-state index in [9.17, 15) is 9.59 Å². The molecule has 0 aliphatic carbocycles. The fraction of sp³-hybridized carbons (Fsp3) is 0.348. The van der Waals surface area contributed by atoms with Crippen LogP contribution in [0.2, 0.25) is 0 Å². The van der Waals surface area contributed by atoms with E-state index in [1.54, 1.807) is 24.3 Å². The van der Waals surface area contributed by atoms with Gasteiger partial charge in [0, 0.05) is 6.54 Å². The lowest BCUT2D eigenvalue weighted by atomic mass is 10.0. The van der Waals surface area contributed by atoms with E-state index in [1.807, 2.05) is 39.0 Å². The lowest BCUT2D eigenvalue weighted by Crippen LogP contribution is -2.55. The van der Waals surface area contributed by atoms with Gasteiger partial charge in [-0.2, -0.15) is 0 Å². The number of thiocarbonyl (C=S) groups is 1. The Bertz CT molecular complexity index is 1010. The number of carbonyl (C=O) groups excluding carboxylic acids is 2. The first-order valence-electron chi connectivity index (χ1n) is 10.6. The van der Waals surface area contributed by atoms with Gasteiger partial charge in [-0.05, 0) is 54.9 Å². The molecule has 0 saturated carbocycles.